The van der Waals surface area contributed by atoms with Crippen LogP contribution in [0.1, 0.15) is 10.4 Å². The quantitative estimate of drug-likeness (QED) is 0.779. The monoisotopic (exact) mass is 335 g/mol. The lowest BCUT2D eigenvalue weighted by molar-refractivity contribution is 0.0955. The van der Waals surface area contributed by atoms with Gasteiger partial charge in [-0.05, 0) is 18.2 Å². The molecule has 0 aliphatic rings. The fourth-order valence-electron chi connectivity index (χ4n) is 2.84. The molecule has 0 aliphatic carbocycles. The minimum atomic E-state index is -0.173. The second-order valence-electron chi connectivity index (χ2n) is 6.02. The van der Waals surface area contributed by atoms with Crippen LogP contribution in [0.5, 0.6) is 0 Å². The summed E-state index contributed by atoms with van der Waals surface area (Å²) in [6.45, 7) is 1.21. The zero-order valence-electron chi connectivity index (χ0n) is 14.4. The third-order valence-corrected chi connectivity index (χ3v) is 4.27. The Bertz CT molecular complexity index is 948. The molecule has 0 saturated carbocycles. The van der Waals surface area contributed by atoms with Gasteiger partial charge < -0.3 is 14.8 Å². The molecule has 0 saturated heterocycles. The molecule has 0 fully saturated rings. The summed E-state index contributed by atoms with van der Waals surface area (Å²) >= 11 is 0. The van der Waals surface area contributed by atoms with Gasteiger partial charge in [-0.25, -0.2) is 0 Å². The molecule has 5 nitrogen and oxygen atoms in total. The Hall–Kier alpha value is -3.08. The number of aromatic nitrogens is 1. The summed E-state index contributed by atoms with van der Waals surface area (Å²) in [6, 6.07) is 17.2. The van der Waals surface area contributed by atoms with Crippen LogP contribution in [0.2, 0.25) is 0 Å². The lowest BCUT2D eigenvalue weighted by Crippen LogP contribution is -2.33. The number of rotatable bonds is 5. The Labute approximate surface area is 146 Å². The molecule has 0 atom stereocenters. The number of hydrogen-bond acceptors (Lipinski definition) is 3. The van der Waals surface area contributed by atoms with E-state index in [4.69, 9.17) is 0 Å². The lowest BCUT2D eigenvalue weighted by atomic mass is 10.1. The normalized spacial score (nSPS) is 10.6. The summed E-state index contributed by atoms with van der Waals surface area (Å²) in [5.74, 6) is -0.173. The number of carbonyl (C=O) groups excluding carboxylic acids is 1. The van der Waals surface area contributed by atoms with E-state index in [2.05, 4.69) is 10.2 Å². The first-order chi connectivity index (χ1) is 12.1. The van der Waals surface area contributed by atoms with E-state index in [1.165, 1.54) is 4.57 Å². The molecule has 5 heteroatoms. The van der Waals surface area contributed by atoms with Crippen LogP contribution in [0.15, 0.2) is 65.6 Å². The standard InChI is InChI=1S/C20H21N3O2/c1-22(15-8-4-3-5-9-15)13-12-21-19(24)18-14-23(2)20(25)17-11-7-6-10-16(17)18/h3-11,14H,12-13H2,1-2H3,(H,21,24). The maximum Gasteiger partial charge on any atom is 0.258 e. The number of pyridine rings is 1. The van der Waals surface area contributed by atoms with E-state index in [1.807, 2.05) is 49.5 Å². The number of benzene rings is 2. The van der Waals surface area contributed by atoms with Gasteiger partial charge in [0.25, 0.3) is 11.5 Å². The lowest BCUT2D eigenvalue weighted by Gasteiger charge is -2.19. The van der Waals surface area contributed by atoms with Gasteiger partial charge in [0, 0.05) is 49.8 Å². The average molecular weight is 335 g/mol. The van der Waals surface area contributed by atoms with Crippen molar-refractivity contribution in [1.29, 1.82) is 0 Å². The maximum atomic E-state index is 12.6. The fraction of sp³-hybridized carbons (Fsp3) is 0.200. The Morgan fingerprint density at radius 1 is 1.04 bits per heavy atom. The summed E-state index contributed by atoms with van der Waals surface area (Å²) < 4.78 is 1.45. The highest BCUT2D eigenvalue weighted by molar-refractivity contribution is 6.06. The molecule has 3 rings (SSSR count). The highest BCUT2D eigenvalue weighted by Gasteiger charge is 2.13. The molecular formula is C20H21N3O2. The van der Waals surface area contributed by atoms with Gasteiger partial charge in [0.1, 0.15) is 0 Å². The van der Waals surface area contributed by atoms with Crippen molar-refractivity contribution < 1.29 is 4.79 Å². The zero-order valence-corrected chi connectivity index (χ0v) is 14.4. The van der Waals surface area contributed by atoms with E-state index in [-0.39, 0.29) is 11.5 Å². The third-order valence-electron chi connectivity index (χ3n) is 4.27. The first-order valence-electron chi connectivity index (χ1n) is 8.20. The Balaban J connectivity index is 1.73. The van der Waals surface area contributed by atoms with Gasteiger partial charge in [0.15, 0.2) is 0 Å². The van der Waals surface area contributed by atoms with E-state index in [0.29, 0.717) is 29.4 Å². The summed E-state index contributed by atoms with van der Waals surface area (Å²) in [5, 5.41) is 4.18. The highest BCUT2D eigenvalue weighted by Crippen LogP contribution is 2.15. The maximum absolute atomic E-state index is 12.6. The number of aryl methyl sites for hydroxylation is 1. The van der Waals surface area contributed by atoms with Crippen molar-refractivity contribution in [3.8, 4) is 0 Å². The van der Waals surface area contributed by atoms with E-state index in [1.54, 1.807) is 25.4 Å². The van der Waals surface area contributed by atoms with E-state index in [9.17, 15) is 9.59 Å². The number of likely N-dealkylation sites (N-methyl/N-ethyl adjacent to an activating group) is 1. The molecule has 3 aromatic rings. The van der Waals surface area contributed by atoms with Crippen LogP contribution < -0.4 is 15.8 Å². The van der Waals surface area contributed by atoms with Crippen molar-refractivity contribution >= 4 is 22.4 Å². The number of para-hydroxylation sites is 1. The van der Waals surface area contributed by atoms with E-state index >= 15 is 0 Å². The number of hydrogen-bond donors (Lipinski definition) is 1. The first kappa shape index (κ1) is 16.8. The Morgan fingerprint density at radius 3 is 2.40 bits per heavy atom. The number of anilines is 1. The van der Waals surface area contributed by atoms with Crippen LogP contribution in [0.3, 0.4) is 0 Å². The van der Waals surface area contributed by atoms with Gasteiger partial charge in [-0.1, -0.05) is 36.4 Å². The molecule has 0 radical (unpaired) electrons. The topological polar surface area (TPSA) is 54.3 Å². The second kappa shape index (κ2) is 7.21. The van der Waals surface area contributed by atoms with Gasteiger partial charge in [0.05, 0.1) is 5.56 Å². The largest absolute Gasteiger partial charge is 0.373 e. The van der Waals surface area contributed by atoms with Crippen LogP contribution in [0, 0.1) is 0 Å². The van der Waals surface area contributed by atoms with Gasteiger partial charge >= 0.3 is 0 Å². The van der Waals surface area contributed by atoms with Crippen molar-refractivity contribution in [3.63, 3.8) is 0 Å². The molecule has 25 heavy (non-hydrogen) atoms. The fourth-order valence-corrected chi connectivity index (χ4v) is 2.84. The van der Waals surface area contributed by atoms with Gasteiger partial charge in [0.2, 0.25) is 0 Å². The summed E-state index contributed by atoms with van der Waals surface area (Å²) in [4.78, 5) is 26.9. The van der Waals surface area contributed by atoms with E-state index in [0.717, 1.165) is 5.69 Å². The molecule has 1 N–H and O–H groups in total. The SMILES string of the molecule is CN(CCNC(=O)c1cn(C)c(=O)c2ccccc12)c1ccccc1. The number of fused-ring (bicyclic) bond motifs is 1. The number of nitrogens with one attached hydrogen (secondary N) is 1. The minimum absolute atomic E-state index is 0.101. The predicted molar refractivity (Wildman–Crippen MR) is 101 cm³/mol. The van der Waals surface area contributed by atoms with Gasteiger partial charge in [-0.3, -0.25) is 9.59 Å². The second-order valence-corrected chi connectivity index (χ2v) is 6.02. The number of carbonyl (C=O) groups is 1. The van der Waals surface area contributed by atoms with Crippen LogP contribution in [-0.2, 0) is 7.05 Å². The Kier molecular flexibility index (Phi) is 4.84. The summed E-state index contributed by atoms with van der Waals surface area (Å²) in [7, 11) is 3.65. The van der Waals surface area contributed by atoms with Crippen molar-refractivity contribution in [2.75, 3.05) is 25.0 Å². The molecule has 1 heterocycles. The molecule has 0 spiro atoms. The number of nitrogens with zero attached hydrogens (tertiary/aromatic N) is 2. The van der Waals surface area contributed by atoms with Crippen LogP contribution in [-0.4, -0.2) is 30.6 Å². The van der Waals surface area contributed by atoms with Crippen LogP contribution in [0.25, 0.3) is 10.8 Å². The first-order valence-corrected chi connectivity index (χ1v) is 8.20. The molecule has 128 valence electrons. The molecule has 0 bridgehead atoms. The highest BCUT2D eigenvalue weighted by atomic mass is 16.2. The minimum Gasteiger partial charge on any atom is -0.373 e. The average Bonchev–Trinajstić information content (AvgIpc) is 2.65. The van der Waals surface area contributed by atoms with Crippen molar-refractivity contribution in [3.05, 3.63) is 76.7 Å². The zero-order chi connectivity index (χ0) is 17.8. The van der Waals surface area contributed by atoms with Crippen molar-refractivity contribution in [2.45, 2.75) is 0 Å². The van der Waals surface area contributed by atoms with Crippen LogP contribution >= 0.6 is 0 Å². The number of amides is 1. The van der Waals surface area contributed by atoms with Gasteiger partial charge in [-0.2, -0.15) is 0 Å². The molecular weight excluding hydrogens is 314 g/mol. The van der Waals surface area contributed by atoms with Crippen molar-refractivity contribution in [2.24, 2.45) is 7.05 Å². The van der Waals surface area contributed by atoms with E-state index < -0.39 is 0 Å². The Morgan fingerprint density at radius 2 is 1.68 bits per heavy atom. The third kappa shape index (κ3) is 3.55. The molecule has 0 aliphatic heterocycles. The smallest absolute Gasteiger partial charge is 0.258 e. The molecule has 1 aromatic heterocycles. The molecule has 0 unspecified atom stereocenters. The predicted octanol–water partition coefficient (Wildman–Crippen LogP) is 2.40. The van der Waals surface area contributed by atoms with Crippen LogP contribution in [0.4, 0.5) is 5.69 Å². The van der Waals surface area contributed by atoms with Crippen molar-refractivity contribution in [1.82, 2.24) is 9.88 Å². The summed E-state index contributed by atoms with van der Waals surface area (Å²) in [5.41, 5.74) is 1.51. The molecule has 2 aromatic carbocycles. The molecule has 1 amide bonds. The summed E-state index contributed by atoms with van der Waals surface area (Å²) in [6.07, 6.45) is 1.60. The van der Waals surface area contributed by atoms with Gasteiger partial charge in [-0.15, -0.1) is 0 Å².